The van der Waals surface area contributed by atoms with Gasteiger partial charge in [-0.3, -0.25) is 34.2 Å². The van der Waals surface area contributed by atoms with Crippen LogP contribution in [0.15, 0.2) is 48.5 Å². The van der Waals surface area contributed by atoms with Crippen LogP contribution in [0.5, 0.6) is 0 Å². The van der Waals surface area contributed by atoms with E-state index in [1.54, 1.807) is 55.5 Å². The van der Waals surface area contributed by atoms with Gasteiger partial charge in [-0.05, 0) is 145 Å². The topological polar surface area (TPSA) is 174 Å². The highest BCUT2D eigenvalue weighted by atomic mass is 32.1. The third-order valence-electron chi connectivity index (χ3n) is 14.1. The van der Waals surface area contributed by atoms with Crippen molar-refractivity contribution in [2.45, 2.75) is 108 Å². The van der Waals surface area contributed by atoms with Gasteiger partial charge in [0.15, 0.2) is 0 Å². The zero-order valence-corrected chi connectivity index (χ0v) is 36.7. The number of alkyl halides is 3. The monoisotopic (exact) mass is 899 g/mol. The molecule has 4 N–H and O–H groups in total. The molecule has 5 amide bonds. The molecule has 0 radical (unpaired) electrons. The third kappa shape index (κ3) is 8.77. The minimum Gasteiger partial charge on any atom is -0.386 e. The highest BCUT2D eigenvalue weighted by Crippen LogP contribution is 2.54. The quantitative estimate of drug-likeness (QED) is 0.109. The van der Waals surface area contributed by atoms with Crippen molar-refractivity contribution in [1.29, 1.82) is 0 Å². The molecule has 1 atom stereocenters. The molecule has 2 aliphatic carbocycles. The van der Waals surface area contributed by atoms with Gasteiger partial charge in [-0.1, -0.05) is 12.1 Å². The molecule has 4 aromatic rings. The van der Waals surface area contributed by atoms with E-state index in [1.807, 2.05) is 0 Å². The smallest absolute Gasteiger partial charge is 0.386 e. The maximum Gasteiger partial charge on any atom is 0.433 e. The summed E-state index contributed by atoms with van der Waals surface area (Å²) in [6.07, 6.45) is 5.52. The van der Waals surface area contributed by atoms with Gasteiger partial charge in [-0.2, -0.15) is 13.2 Å². The van der Waals surface area contributed by atoms with Crippen molar-refractivity contribution in [3.05, 3.63) is 81.6 Å². The number of nitrogens with zero attached hydrogens (tertiary/aromatic N) is 4. The highest BCUT2D eigenvalue weighted by Gasteiger charge is 2.47. The maximum absolute atomic E-state index is 13.5. The average molecular weight is 900 g/mol. The predicted octanol–water partition coefficient (Wildman–Crippen LogP) is 7.86. The Morgan fingerprint density at radius 2 is 1.66 bits per heavy atom. The Morgan fingerprint density at radius 1 is 0.922 bits per heavy atom. The van der Waals surface area contributed by atoms with E-state index in [9.17, 15) is 42.3 Å². The molecule has 2 saturated heterocycles. The van der Waals surface area contributed by atoms with Crippen molar-refractivity contribution < 1.29 is 42.3 Å². The summed E-state index contributed by atoms with van der Waals surface area (Å²) in [7, 11) is 0. The molecule has 1 spiro atoms. The van der Waals surface area contributed by atoms with Crippen LogP contribution in [-0.4, -0.2) is 86.6 Å². The van der Waals surface area contributed by atoms with Crippen molar-refractivity contribution in [2.24, 2.45) is 17.3 Å². The summed E-state index contributed by atoms with van der Waals surface area (Å²) in [5.41, 5.74) is 0.0799. The molecule has 2 aromatic heterocycles. The first-order chi connectivity index (χ1) is 30.4. The molecule has 3 aliphatic heterocycles. The summed E-state index contributed by atoms with van der Waals surface area (Å²) in [4.78, 5) is 76.1. The van der Waals surface area contributed by atoms with E-state index in [0.29, 0.717) is 57.7 Å². The number of aromatic nitrogens is 2. The summed E-state index contributed by atoms with van der Waals surface area (Å²) in [6, 6.07) is 10.8. The van der Waals surface area contributed by atoms with Crippen LogP contribution >= 0.6 is 11.3 Å². The molecule has 9 rings (SSSR count). The van der Waals surface area contributed by atoms with Gasteiger partial charge in [0.1, 0.15) is 17.4 Å². The molecular weight excluding hydrogens is 848 g/mol. The number of amides is 5. The molecule has 0 bridgehead atoms. The predicted molar refractivity (Wildman–Crippen MR) is 234 cm³/mol. The van der Waals surface area contributed by atoms with E-state index in [1.165, 1.54) is 31.7 Å². The van der Waals surface area contributed by atoms with Crippen molar-refractivity contribution in [3.8, 4) is 0 Å². The van der Waals surface area contributed by atoms with Crippen LogP contribution in [0.3, 0.4) is 0 Å². The van der Waals surface area contributed by atoms with Crippen LogP contribution < -0.4 is 16.0 Å². The molecule has 338 valence electrons. The lowest BCUT2D eigenvalue weighted by Crippen LogP contribution is -2.54. The number of benzene rings is 2. The summed E-state index contributed by atoms with van der Waals surface area (Å²) in [6.45, 7) is 7.15. The Kier molecular flexibility index (Phi) is 11.6. The summed E-state index contributed by atoms with van der Waals surface area (Å²) in [5, 5.41) is 20.4. The number of anilines is 2. The van der Waals surface area contributed by atoms with Gasteiger partial charge in [0.25, 0.3) is 17.7 Å². The number of halogens is 3. The molecule has 17 heteroatoms. The Morgan fingerprint density at radius 3 is 2.36 bits per heavy atom. The fourth-order valence-corrected chi connectivity index (χ4v) is 11.9. The number of hydrogen-bond donors (Lipinski definition) is 4. The van der Waals surface area contributed by atoms with E-state index in [4.69, 9.17) is 4.98 Å². The van der Waals surface area contributed by atoms with Crippen LogP contribution in [0.4, 0.5) is 24.5 Å². The Hall–Kier alpha value is -5.26. The molecular formula is C47H52F3N7O6S. The minimum absolute atomic E-state index is 0.0792. The second kappa shape index (κ2) is 16.9. The third-order valence-corrected chi connectivity index (χ3v) is 15.3. The normalized spacial score (nSPS) is 23.0. The molecule has 5 heterocycles. The first-order valence-corrected chi connectivity index (χ1v) is 23.1. The van der Waals surface area contributed by atoms with Gasteiger partial charge in [-0.25, -0.2) is 9.97 Å². The SMILES string of the molecule is CC(C)(O)c1cc2nc(C3CCC(CN4CCC5(CC4)CC(CCNc4cccc6c4C(=O)N(C4CCC(=O)NC4=O)C6=O)C5)CC3)sc2cc1NC(=O)c1cccc(C(F)(F)F)n1. The molecule has 4 fully saturated rings. The van der Waals surface area contributed by atoms with Crippen LogP contribution in [0.1, 0.15) is 138 Å². The van der Waals surface area contributed by atoms with E-state index in [0.717, 1.165) is 78.5 Å². The molecule has 2 saturated carbocycles. The lowest BCUT2D eigenvalue weighted by molar-refractivity contribution is -0.141. The fraction of sp³-hybridized carbons (Fsp3) is 0.511. The van der Waals surface area contributed by atoms with Crippen LogP contribution in [0.2, 0.25) is 0 Å². The van der Waals surface area contributed by atoms with E-state index >= 15 is 0 Å². The minimum atomic E-state index is -4.69. The van der Waals surface area contributed by atoms with Gasteiger partial charge in [-0.15, -0.1) is 11.3 Å². The number of rotatable bonds is 11. The van der Waals surface area contributed by atoms with E-state index in [-0.39, 0.29) is 24.1 Å². The Balaban J connectivity index is 0.730. The van der Waals surface area contributed by atoms with Gasteiger partial charge in [0, 0.05) is 42.4 Å². The molecule has 1 unspecified atom stereocenters. The molecule has 2 aromatic carbocycles. The number of carbonyl (C=O) groups is 5. The number of aliphatic hydroxyl groups is 1. The number of likely N-dealkylation sites (tertiary alicyclic amines) is 1. The summed E-state index contributed by atoms with van der Waals surface area (Å²) >= 11 is 1.55. The van der Waals surface area contributed by atoms with Gasteiger partial charge in [0.2, 0.25) is 11.8 Å². The van der Waals surface area contributed by atoms with Crippen LogP contribution in [-0.2, 0) is 21.4 Å². The van der Waals surface area contributed by atoms with Gasteiger partial charge >= 0.3 is 6.18 Å². The van der Waals surface area contributed by atoms with Crippen molar-refractivity contribution >= 4 is 62.5 Å². The number of thiazole rings is 1. The first-order valence-electron chi connectivity index (χ1n) is 22.3. The second-order valence-corrected chi connectivity index (χ2v) is 20.1. The fourth-order valence-electron chi connectivity index (χ4n) is 10.7. The average Bonchev–Trinajstić information content (AvgIpc) is 3.77. The number of pyridine rings is 1. The largest absolute Gasteiger partial charge is 0.433 e. The number of hydrogen-bond acceptors (Lipinski definition) is 11. The zero-order valence-electron chi connectivity index (χ0n) is 35.9. The number of imide groups is 2. The number of carbonyl (C=O) groups excluding carboxylic acids is 5. The van der Waals surface area contributed by atoms with E-state index < -0.39 is 53.0 Å². The van der Waals surface area contributed by atoms with Gasteiger partial charge < -0.3 is 20.6 Å². The maximum atomic E-state index is 13.5. The molecule has 13 nitrogen and oxygen atoms in total. The molecule has 5 aliphatic rings. The first kappa shape index (κ1) is 44.0. The van der Waals surface area contributed by atoms with Crippen LogP contribution in [0.25, 0.3) is 10.2 Å². The van der Waals surface area contributed by atoms with E-state index in [2.05, 4.69) is 25.8 Å². The summed E-state index contributed by atoms with van der Waals surface area (Å²) in [5.74, 6) is -1.32. The Labute approximate surface area is 372 Å². The Bertz CT molecular complexity index is 2510. The standard InChI is InChI=1S/C47H52F3N7O6S/c1-45(2,63)30-21-34-36(22-33(30)53-40(59)32-7-4-8-37(52-32)47(48,49)50)64-42(54-34)28-11-9-26(10-12-28)25-56-19-16-46(17-20-56)23-27(24-46)15-18-51-31-6-3-5-29-39(31)44(62)57(43(29)61)35-13-14-38(58)55-41(35)60/h3-8,21-22,26-28,35,51,63H,9-20,23-25H2,1-2H3,(H,53,59)(H,55,58,60). The lowest BCUT2D eigenvalue weighted by Gasteiger charge is -2.53. The van der Waals surface area contributed by atoms with Crippen molar-refractivity contribution in [3.63, 3.8) is 0 Å². The lowest BCUT2D eigenvalue weighted by atomic mass is 9.57. The number of fused-ring (bicyclic) bond motifs is 2. The van der Waals surface area contributed by atoms with Crippen molar-refractivity contribution in [1.82, 2.24) is 25.1 Å². The second-order valence-electron chi connectivity index (χ2n) is 19.0. The van der Waals surface area contributed by atoms with Gasteiger partial charge in [0.05, 0.1) is 32.0 Å². The van der Waals surface area contributed by atoms with Crippen molar-refractivity contribution in [2.75, 3.05) is 36.8 Å². The zero-order chi connectivity index (χ0) is 45.1. The number of piperidine rings is 2. The highest BCUT2D eigenvalue weighted by molar-refractivity contribution is 7.18. The summed E-state index contributed by atoms with van der Waals surface area (Å²) < 4.78 is 40.7. The molecule has 64 heavy (non-hydrogen) atoms. The van der Waals surface area contributed by atoms with Crippen LogP contribution in [0, 0.1) is 17.3 Å². The number of nitrogens with one attached hydrogen (secondary N) is 3.